The first kappa shape index (κ1) is 19.4. The third-order valence-electron chi connectivity index (χ3n) is 3.99. The van der Waals surface area contributed by atoms with Crippen molar-refractivity contribution in [2.24, 2.45) is 0 Å². The number of hydrogen-bond donors (Lipinski definition) is 2. The molecule has 0 aliphatic carbocycles. The Morgan fingerprint density at radius 1 is 1.11 bits per heavy atom. The molecule has 0 fully saturated rings. The number of ether oxygens (including phenoxy) is 1. The number of carbonyl (C=O) groups excluding carboxylic acids is 3. The van der Waals surface area contributed by atoms with Crippen LogP contribution in [0.15, 0.2) is 42.5 Å². The number of benzene rings is 2. The molecule has 0 spiro atoms. The summed E-state index contributed by atoms with van der Waals surface area (Å²) in [7, 11) is 0. The number of anilines is 2. The molecule has 9 heteroatoms. The molecule has 0 atom stereocenters. The molecular formula is C19H15F3N2O4. The van der Waals surface area contributed by atoms with E-state index in [1.807, 2.05) is 0 Å². The van der Waals surface area contributed by atoms with E-state index in [9.17, 15) is 27.6 Å². The summed E-state index contributed by atoms with van der Waals surface area (Å²) in [6.45, 7) is -0.101. The highest BCUT2D eigenvalue weighted by Crippen LogP contribution is 2.31. The number of halogens is 3. The van der Waals surface area contributed by atoms with E-state index in [-0.39, 0.29) is 42.4 Å². The van der Waals surface area contributed by atoms with Gasteiger partial charge in [-0.15, -0.1) is 0 Å². The normalized spacial score (nSPS) is 13.2. The third-order valence-corrected chi connectivity index (χ3v) is 3.99. The van der Waals surface area contributed by atoms with Crippen LogP contribution >= 0.6 is 0 Å². The van der Waals surface area contributed by atoms with Crippen molar-refractivity contribution in [3.05, 3.63) is 53.6 Å². The molecule has 3 rings (SSSR count). The van der Waals surface area contributed by atoms with Crippen LogP contribution in [0, 0.1) is 0 Å². The van der Waals surface area contributed by atoms with Gasteiger partial charge < -0.3 is 15.4 Å². The Bertz CT molecular complexity index is 941. The van der Waals surface area contributed by atoms with Crippen molar-refractivity contribution in [3.8, 4) is 5.75 Å². The zero-order chi connectivity index (χ0) is 20.3. The minimum Gasteiger partial charge on any atom is -0.482 e. The van der Waals surface area contributed by atoms with E-state index in [4.69, 9.17) is 4.74 Å². The Hall–Kier alpha value is -3.36. The van der Waals surface area contributed by atoms with E-state index < -0.39 is 17.6 Å². The maximum absolute atomic E-state index is 12.7. The van der Waals surface area contributed by atoms with Gasteiger partial charge in [-0.1, -0.05) is 6.07 Å². The Morgan fingerprint density at radius 3 is 2.64 bits per heavy atom. The van der Waals surface area contributed by atoms with Gasteiger partial charge in [0.1, 0.15) is 5.75 Å². The van der Waals surface area contributed by atoms with Crippen LogP contribution in [0.3, 0.4) is 0 Å². The summed E-state index contributed by atoms with van der Waals surface area (Å²) in [4.78, 5) is 35.6. The van der Waals surface area contributed by atoms with Gasteiger partial charge in [0.2, 0.25) is 5.91 Å². The van der Waals surface area contributed by atoms with Gasteiger partial charge in [-0.3, -0.25) is 14.4 Å². The second-order valence-electron chi connectivity index (χ2n) is 6.10. The fraction of sp³-hybridized carbons (Fsp3) is 0.211. The number of Topliss-reactive ketones (excluding diaryl/α,β-unsaturated/α-hetero) is 1. The topological polar surface area (TPSA) is 84.5 Å². The van der Waals surface area contributed by atoms with E-state index in [0.717, 1.165) is 12.1 Å². The van der Waals surface area contributed by atoms with Crippen LogP contribution in [0.1, 0.15) is 28.8 Å². The molecule has 146 valence electrons. The molecule has 0 radical (unpaired) electrons. The first-order chi connectivity index (χ1) is 13.2. The number of fused-ring (bicyclic) bond motifs is 1. The Labute approximate surface area is 157 Å². The number of ketones is 1. The van der Waals surface area contributed by atoms with E-state index >= 15 is 0 Å². The fourth-order valence-electron chi connectivity index (χ4n) is 2.62. The maximum atomic E-state index is 12.7. The van der Waals surface area contributed by atoms with Crippen LogP contribution in [0.25, 0.3) is 0 Å². The lowest BCUT2D eigenvalue weighted by atomic mass is 10.0. The molecule has 0 saturated heterocycles. The summed E-state index contributed by atoms with van der Waals surface area (Å²) in [6, 6.07) is 8.77. The van der Waals surface area contributed by atoms with E-state index in [0.29, 0.717) is 11.4 Å². The Morgan fingerprint density at radius 2 is 1.89 bits per heavy atom. The van der Waals surface area contributed by atoms with Gasteiger partial charge in [0.25, 0.3) is 5.91 Å². The third kappa shape index (κ3) is 4.67. The van der Waals surface area contributed by atoms with Gasteiger partial charge in [-0.05, 0) is 36.4 Å². The van der Waals surface area contributed by atoms with Crippen molar-refractivity contribution in [2.45, 2.75) is 19.0 Å². The highest BCUT2D eigenvalue weighted by Gasteiger charge is 2.30. The summed E-state index contributed by atoms with van der Waals surface area (Å²) in [5.74, 6) is -0.819. The number of hydrogen-bond acceptors (Lipinski definition) is 4. The summed E-state index contributed by atoms with van der Waals surface area (Å²) in [5.41, 5.74) is -0.215. The summed E-state index contributed by atoms with van der Waals surface area (Å²) < 4.78 is 43.3. The molecule has 0 unspecified atom stereocenters. The van der Waals surface area contributed by atoms with E-state index in [1.54, 1.807) is 6.07 Å². The smallest absolute Gasteiger partial charge is 0.416 e. The van der Waals surface area contributed by atoms with Gasteiger partial charge in [0.15, 0.2) is 12.4 Å². The van der Waals surface area contributed by atoms with Gasteiger partial charge in [0, 0.05) is 24.1 Å². The van der Waals surface area contributed by atoms with Crippen LogP contribution in [0.4, 0.5) is 24.5 Å². The van der Waals surface area contributed by atoms with Crippen LogP contribution < -0.4 is 15.4 Å². The molecule has 1 aliphatic rings. The lowest BCUT2D eigenvalue weighted by Gasteiger charge is -2.18. The second-order valence-corrected chi connectivity index (χ2v) is 6.10. The van der Waals surface area contributed by atoms with Crippen molar-refractivity contribution >= 4 is 29.0 Å². The van der Waals surface area contributed by atoms with Crippen molar-refractivity contribution < 1.29 is 32.3 Å². The molecule has 1 heterocycles. The lowest BCUT2D eigenvalue weighted by Crippen LogP contribution is -2.25. The highest BCUT2D eigenvalue weighted by atomic mass is 19.4. The molecule has 28 heavy (non-hydrogen) atoms. The zero-order valence-electron chi connectivity index (χ0n) is 14.4. The predicted molar refractivity (Wildman–Crippen MR) is 94.2 cm³/mol. The van der Waals surface area contributed by atoms with Crippen molar-refractivity contribution in [2.75, 3.05) is 17.2 Å². The summed E-state index contributed by atoms with van der Waals surface area (Å²) >= 11 is 0. The van der Waals surface area contributed by atoms with Gasteiger partial charge >= 0.3 is 6.18 Å². The van der Waals surface area contributed by atoms with Crippen LogP contribution in [0.2, 0.25) is 0 Å². The standard InChI is InChI=1S/C19H15F3N2O4/c20-19(21,22)12-2-1-3-13(9-12)23-17(26)7-5-15(25)11-4-6-16-14(8-11)24-18(27)10-28-16/h1-4,6,8-9H,5,7,10H2,(H,23,26)(H,24,27). The molecule has 2 aromatic carbocycles. The highest BCUT2D eigenvalue weighted by molar-refractivity contribution is 6.02. The van der Waals surface area contributed by atoms with Crippen molar-refractivity contribution in [1.29, 1.82) is 0 Å². The summed E-state index contributed by atoms with van der Waals surface area (Å²) in [5, 5.41) is 4.93. The van der Waals surface area contributed by atoms with Crippen molar-refractivity contribution in [1.82, 2.24) is 0 Å². The number of nitrogens with one attached hydrogen (secondary N) is 2. The Kier molecular flexibility index (Phi) is 5.34. The molecular weight excluding hydrogens is 377 g/mol. The quantitative estimate of drug-likeness (QED) is 0.761. The molecule has 0 saturated carbocycles. The van der Waals surface area contributed by atoms with Crippen LogP contribution in [-0.4, -0.2) is 24.2 Å². The van der Waals surface area contributed by atoms with E-state index in [1.165, 1.54) is 24.3 Å². The largest absolute Gasteiger partial charge is 0.482 e. The number of amides is 2. The molecule has 2 aromatic rings. The average molecular weight is 392 g/mol. The number of alkyl halides is 3. The van der Waals surface area contributed by atoms with Gasteiger partial charge in [-0.25, -0.2) is 0 Å². The summed E-state index contributed by atoms with van der Waals surface area (Å²) in [6.07, 6.45) is -4.85. The molecule has 0 aromatic heterocycles. The second kappa shape index (κ2) is 7.71. The lowest BCUT2D eigenvalue weighted by molar-refractivity contribution is -0.137. The van der Waals surface area contributed by atoms with Crippen LogP contribution in [0.5, 0.6) is 5.75 Å². The molecule has 2 amide bonds. The van der Waals surface area contributed by atoms with Gasteiger partial charge in [-0.2, -0.15) is 13.2 Å². The predicted octanol–water partition coefficient (Wildman–Crippen LogP) is 3.64. The first-order valence-electron chi connectivity index (χ1n) is 8.29. The minimum atomic E-state index is -4.51. The minimum absolute atomic E-state index is 0.000848. The SMILES string of the molecule is O=C(CCC(=O)c1ccc2c(c1)NC(=O)CO2)Nc1cccc(C(F)(F)F)c1. The van der Waals surface area contributed by atoms with Crippen molar-refractivity contribution in [3.63, 3.8) is 0 Å². The molecule has 0 bridgehead atoms. The zero-order valence-corrected chi connectivity index (χ0v) is 14.4. The first-order valence-corrected chi connectivity index (χ1v) is 8.29. The monoisotopic (exact) mass is 392 g/mol. The molecule has 6 nitrogen and oxygen atoms in total. The fourth-order valence-corrected chi connectivity index (χ4v) is 2.62. The Balaban J connectivity index is 1.58. The number of rotatable bonds is 5. The number of carbonyl (C=O) groups is 3. The molecule has 2 N–H and O–H groups in total. The van der Waals surface area contributed by atoms with E-state index in [2.05, 4.69) is 10.6 Å². The molecule has 1 aliphatic heterocycles. The maximum Gasteiger partial charge on any atom is 0.416 e. The van der Waals surface area contributed by atoms with Gasteiger partial charge in [0.05, 0.1) is 11.3 Å². The van der Waals surface area contributed by atoms with Crippen LogP contribution in [-0.2, 0) is 15.8 Å². The average Bonchev–Trinajstić information content (AvgIpc) is 2.65.